The monoisotopic (exact) mass is 217 g/mol. The average molecular weight is 217 g/mol. The molecule has 81 valence electrons. The molecule has 0 aromatic rings. The highest BCUT2D eigenvalue weighted by molar-refractivity contribution is 7.85. The largest absolute Gasteiger partial charge is 0.286 e. The SMILES string of the molecule is C=CC[C](CC=C)C(C)CS(=O)(=O)O. The first-order chi connectivity index (χ1) is 6.40. The van der Waals surface area contributed by atoms with Gasteiger partial charge in [-0.2, -0.15) is 8.42 Å². The molecule has 1 atom stereocenters. The molecule has 0 aromatic heterocycles. The number of rotatable bonds is 7. The Morgan fingerprint density at radius 3 is 2.07 bits per heavy atom. The molecule has 1 unspecified atom stereocenters. The maximum Gasteiger partial charge on any atom is 0.265 e. The van der Waals surface area contributed by atoms with Crippen LogP contribution in [0.3, 0.4) is 0 Å². The lowest BCUT2D eigenvalue weighted by Crippen LogP contribution is -2.19. The molecule has 0 aliphatic carbocycles. The van der Waals surface area contributed by atoms with E-state index in [4.69, 9.17) is 4.55 Å². The Morgan fingerprint density at radius 1 is 1.36 bits per heavy atom. The van der Waals surface area contributed by atoms with Crippen molar-refractivity contribution in [1.29, 1.82) is 0 Å². The molecule has 0 fully saturated rings. The van der Waals surface area contributed by atoms with E-state index in [1.54, 1.807) is 19.1 Å². The van der Waals surface area contributed by atoms with Crippen molar-refractivity contribution in [2.75, 3.05) is 5.75 Å². The molecule has 0 saturated carbocycles. The van der Waals surface area contributed by atoms with E-state index < -0.39 is 10.1 Å². The van der Waals surface area contributed by atoms with Gasteiger partial charge in [0.05, 0.1) is 5.75 Å². The Bertz CT molecular complexity index is 270. The molecule has 0 heterocycles. The predicted octanol–water partition coefficient (Wildman–Crippen LogP) is 2.24. The Balaban J connectivity index is 4.34. The van der Waals surface area contributed by atoms with Crippen LogP contribution in [0, 0.1) is 11.8 Å². The zero-order valence-corrected chi connectivity index (χ0v) is 9.26. The fraction of sp³-hybridized carbons (Fsp3) is 0.500. The lowest BCUT2D eigenvalue weighted by Gasteiger charge is -2.19. The van der Waals surface area contributed by atoms with Crippen molar-refractivity contribution in [3.8, 4) is 0 Å². The van der Waals surface area contributed by atoms with Crippen LogP contribution in [0.4, 0.5) is 0 Å². The van der Waals surface area contributed by atoms with E-state index in [9.17, 15) is 8.42 Å². The van der Waals surface area contributed by atoms with E-state index in [0.717, 1.165) is 5.92 Å². The van der Waals surface area contributed by atoms with Crippen LogP contribution in [0.5, 0.6) is 0 Å². The van der Waals surface area contributed by atoms with E-state index in [-0.39, 0.29) is 11.7 Å². The zero-order valence-electron chi connectivity index (χ0n) is 8.44. The van der Waals surface area contributed by atoms with Crippen LogP contribution in [0.25, 0.3) is 0 Å². The standard InChI is InChI=1S/C10H17O3S/c1-4-6-10(7-5-2)9(3)8-14(11,12)13/h4-5,9H,1-2,6-8H2,3H3,(H,11,12,13). The highest BCUT2D eigenvalue weighted by atomic mass is 32.2. The number of hydrogen-bond acceptors (Lipinski definition) is 2. The van der Waals surface area contributed by atoms with Crippen molar-refractivity contribution >= 4 is 10.1 Å². The van der Waals surface area contributed by atoms with Gasteiger partial charge in [-0.1, -0.05) is 19.1 Å². The maximum atomic E-state index is 10.6. The van der Waals surface area contributed by atoms with E-state index >= 15 is 0 Å². The topological polar surface area (TPSA) is 54.4 Å². The fourth-order valence-corrected chi connectivity index (χ4v) is 2.16. The lowest BCUT2D eigenvalue weighted by molar-refractivity contribution is 0.468. The molecular formula is C10H17O3S. The van der Waals surface area contributed by atoms with Gasteiger partial charge in [-0.05, 0) is 24.7 Å². The summed E-state index contributed by atoms with van der Waals surface area (Å²) in [6.07, 6.45) is 4.75. The molecule has 0 aliphatic rings. The number of allylic oxidation sites excluding steroid dienone is 2. The van der Waals surface area contributed by atoms with Gasteiger partial charge in [-0.3, -0.25) is 4.55 Å². The minimum Gasteiger partial charge on any atom is -0.286 e. The number of hydrogen-bond donors (Lipinski definition) is 1. The van der Waals surface area contributed by atoms with Crippen molar-refractivity contribution in [3.63, 3.8) is 0 Å². The summed E-state index contributed by atoms with van der Waals surface area (Å²) in [5.74, 6) is 0.623. The second-order valence-electron chi connectivity index (χ2n) is 3.29. The van der Waals surface area contributed by atoms with Gasteiger partial charge in [0.2, 0.25) is 0 Å². The van der Waals surface area contributed by atoms with Gasteiger partial charge in [-0.25, -0.2) is 0 Å². The van der Waals surface area contributed by atoms with Gasteiger partial charge in [0.15, 0.2) is 0 Å². The first-order valence-electron chi connectivity index (χ1n) is 4.42. The summed E-state index contributed by atoms with van der Waals surface area (Å²) in [7, 11) is -3.89. The summed E-state index contributed by atoms with van der Waals surface area (Å²) in [6, 6.07) is 0. The minimum absolute atomic E-state index is 0.166. The molecule has 1 N–H and O–H groups in total. The van der Waals surface area contributed by atoms with Gasteiger partial charge in [0, 0.05) is 0 Å². The summed E-state index contributed by atoms with van der Waals surface area (Å²) in [5, 5.41) is 0. The predicted molar refractivity (Wildman–Crippen MR) is 58.5 cm³/mol. The van der Waals surface area contributed by atoms with E-state index in [2.05, 4.69) is 13.2 Å². The molecule has 0 aliphatic heterocycles. The van der Waals surface area contributed by atoms with Gasteiger partial charge in [0.1, 0.15) is 0 Å². The fourth-order valence-electron chi connectivity index (χ4n) is 1.29. The van der Waals surface area contributed by atoms with Crippen LogP contribution in [-0.2, 0) is 10.1 Å². The second kappa shape index (κ2) is 5.98. The summed E-state index contributed by atoms with van der Waals surface area (Å²) >= 11 is 0. The molecule has 0 bridgehead atoms. The van der Waals surface area contributed by atoms with Crippen molar-refractivity contribution in [1.82, 2.24) is 0 Å². The van der Waals surface area contributed by atoms with Crippen LogP contribution in [0.2, 0.25) is 0 Å². The molecule has 0 rings (SSSR count). The van der Waals surface area contributed by atoms with Gasteiger partial charge in [-0.15, -0.1) is 13.2 Å². The molecule has 3 nitrogen and oxygen atoms in total. The molecule has 0 saturated heterocycles. The Kier molecular flexibility index (Phi) is 5.72. The third-order valence-corrected chi connectivity index (χ3v) is 2.89. The van der Waals surface area contributed by atoms with Crippen molar-refractivity contribution in [3.05, 3.63) is 31.2 Å². The van der Waals surface area contributed by atoms with E-state index in [1.807, 2.05) is 0 Å². The van der Waals surface area contributed by atoms with E-state index in [1.165, 1.54) is 0 Å². The zero-order chi connectivity index (χ0) is 11.2. The third kappa shape index (κ3) is 5.94. The summed E-state index contributed by atoms with van der Waals surface area (Å²) < 4.78 is 30.0. The molecule has 14 heavy (non-hydrogen) atoms. The van der Waals surface area contributed by atoms with Crippen LogP contribution in [0.15, 0.2) is 25.3 Å². The smallest absolute Gasteiger partial charge is 0.265 e. The molecule has 0 aromatic carbocycles. The quantitative estimate of drug-likeness (QED) is 0.525. The van der Waals surface area contributed by atoms with Gasteiger partial charge < -0.3 is 0 Å². The van der Waals surface area contributed by atoms with E-state index in [0.29, 0.717) is 12.8 Å². The lowest BCUT2D eigenvalue weighted by atomic mass is 9.89. The van der Waals surface area contributed by atoms with Crippen molar-refractivity contribution < 1.29 is 13.0 Å². The molecular weight excluding hydrogens is 200 g/mol. The highest BCUT2D eigenvalue weighted by Gasteiger charge is 2.20. The first-order valence-corrected chi connectivity index (χ1v) is 6.03. The summed E-state index contributed by atoms with van der Waals surface area (Å²) in [6.45, 7) is 8.96. The van der Waals surface area contributed by atoms with Crippen LogP contribution >= 0.6 is 0 Å². The summed E-state index contributed by atoms with van der Waals surface area (Å²) in [4.78, 5) is 0. The Hall–Kier alpha value is -0.610. The minimum atomic E-state index is -3.89. The molecule has 0 amide bonds. The Morgan fingerprint density at radius 2 is 1.79 bits per heavy atom. The van der Waals surface area contributed by atoms with Gasteiger partial charge >= 0.3 is 0 Å². The van der Waals surface area contributed by atoms with Crippen molar-refractivity contribution in [2.24, 2.45) is 5.92 Å². The molecule has 0 spiro atoms. The second-order valence-corrected chi connectivity index (χ2v) is 4.79. The maximum absolute atomic E-state index is 10.6. The molecule has 1 radical (unpaired) electrons. The third-order valence-electron chi connectivity index (χ3n) is 1.97. The van der Waals surface area contributed by atoms with Crippen LogP contribution < -0.4 is 0 Å². The van der Waals surface area contributed by atoms with Crippen LogP contribution in [-0.4, -0.2) is 18.7 Å². The average Bonchev–Trinajstić information content (AvgIpc) is 2.01. The van der Waals surface area contributed by atoms with Gasteiger partial charge in [0.25, 0.3) is 10.1 Å². The Labute approximate surface area is 86.3 Å². The first kappa shape index (κ1) is 13.4. The normalized spacial score (nSPS) is 13.9. The molecule has 4 heteroatoms. The van der Waals surface area contributed by atoms with Crippen molar-refractivity contribution in [2.45, 2.75) is 19.8 Å². The van der Waals surface area contributed by atoms with Crippen LogP contribution in [0.1, 0.15) is 19.8 Å². The highest BCUT2D eigenvalue weighted by Crippen LogP contribution is 2.24. The summed E-state index contributed by atoms with van der Waals surface area (Å²) in [5.41, 5.74) is 0.